The van der Waals surface area contributed by atoms with Gasteiger partial charge in [-0.3, -0.25) is 14.9 Å². The summed E-state index contributed by atoms with van der Waals surface area (Å²) >= 11 is 0.809. The number of carbonyl (C=O) groups is 3. The van der Waals surface area contributed by atoms with Gasteiger partial charge in [-0.2, -0.15) is 0 Å². The van der Waals surface area contributed by atoms with Gasteiger partial charge in [-0.05, 0) is 29.5 Å². The van der Waals surface area contributed by atoms with Crippen molar-refractivity contribution in [3.8, 4) is 0 Å². The Labute approximate surface area is 100 Å². The molecule has 0 aromatic heterocycles. The maximum Gasteiger partial charge on any atom is 0.288 e. The van der Waals surface area contributed by atoms with Crippen LogP contribution in [0.2, 0.25) is 0 Å². The van der Waals surface area contributed by atoms with Crippen molar-refractivity contribution >= 4 is 34.6 Å². The fourth-order valence-corrected chi connectivity index (χ4v) is 2.07. The first-order chi connectivity index (χ1) is 8.06. The molecule has 1 fully saturated rings. The number of carboxylic acids is 1. The third-order valence-electron chi connectivity index (χ3n) is 2.08. The molecule has 17 heavy (non-hydrogen) atoms. The van der Waals surface area contributed by atoms with Gasteiger partial charge in [-0.1, -0.05) is 12.1 Å². The standard InChI is InChI=1S/C10H8N2O4S/c13-7-8(17-10(16)12-7)11-6-3-1-2-5(4-6)9(14)15/h1-4,8,11H,(H,14,15)(H,12,13,16)/p-1/t8-/m1/s1. The highest BCUT2D eigenvalue weighted by Crippen LogP contribution is 2.21. The van der Waals surface area contributed by atoms with Crippen LogP contribution in [0, 0.1) is 0 Å². The molecule has 7 heteroatoms. The first-order valence-electron chi connectivity index (χ1n) is 4.66. The second-order valence-corrected chi connectivity index (χ2v) is 4.37. The summed E-state index contributed by atoms with van der Waals surface area (Å²) in [4.78, 5) is 32.8. The van der Waals surface area contributed by atoms with Crippen LogP contribution in [0.5, 0.6) is 0 Å². The lowest BCUT2D eigenvalue weighted by Gasteiger charge is -2.11. The zero-order chi connectivity index (χ0) is 12.4. The van der Waals surface area contributed by atoms with Crippen LogP contribution in [-0.4, -0.2) is 22.5 Å². The summed E-state index contributed by atoms with van der Waals surface area (Å²) in [5.41, 5.74) is 0.443. The highest BCUT2D eigenvalue weighted by Gasteiger charge is 2.31. The Hall–Kier alpha value is -2.02. The zero-order valence-electron chi connectivity index (χ0n) is 8.43. The van der Waals surface area contributed by atoms with Gasteiger partial charge in [0.2, 0.25) is 0 Å². The van der Waals surface area contributed by atoms with Crippen molar-refractivity contribution in [2.24, 2.45) is 0 Å². The molecule has 2 amide bonds. The van der Waals surface area contributed by atoms with Gasteiger partial charge < -0.3 is 15.2 Å². The van der Waals surface area contributed by atoms with Gasteiger partial charge in [0.05, 0.1) is 5.97 Å². The van der Waals surface area contributed by atoms with E-state index in [1.807, 2.05) is 0 Å². The van der Waals surface area contributed by atoms with Gasteiger partial charge in [0.1, 0.15) is 0 Å². The Morgan fingerprint density at radius 2 is 2.18 bits per heavy atom. The van der Waals surface area contributed by atoms with E-state index in [9.17, 15) is 19.5 Å². The van der Waals surface area contributed by atoms with Crippen molar-refractivity contribution in [2.45, 2.75) is 5.37 Å². The summed E-state index contributed by atoms with van der Waals surface area (Å²) in [7, 11) is 0. The molecule has 0 unspecified atom stereocenters. The molecule has 0 bridgehead atoms. The third-order valence-corrected chi connectivity index (χ3v) is 2.97. The molecule has 0 spiro atoms. The van der Waals surface area contributed by atoms with Crippen molar-refractivity contribution in [1.29, 1.82) is 0 Å². The number of hydrogen-bond acceptors (Lipinski definition) is 6. The summed E-state index contributed by atoms with van der Waals surface area (Å²) in [6.45, 7) is 0. The number of anilines is 1. The van der Waals surface area contributed by atoms with Crippen molar-refractivity contribution in [3.05, 3.63) is 29.8 Å². The number of rotatable bonds is 3. The van der Waals surface area contributed by atoms with E-state index in [-0.39, 0.29) is 5.56 Å². The van der Waals surface area contributed by atoms with Crippen molar-refractivity contribution in [1.82, 2.24) is 5.32 Å². The normalized spacial score (nSPS) is 18.9. The van der Waals surface area contributed by atoms with E-state index in [1.54, 1.807) is 6.07 Å². The Balaban J connectivity index is 2.13. The van der Waals surface area contributed by atoms with E-state index in [2.05, 4.69) is 10.6 Å². The fraction of sp³-hybridized carbons (Fsp3) is 0.100. The third kappa shape index (κ3) is 2.56. The smallest absolute Gasteiger partial charge is 0.288 e. The van der Waals surface area contributed by atoms with Crippen LogP contribution >= 0.6 is 11.8 Å². The van der Waals surface area contributed by atoms with Crippen LogP contribution in [0.1, 0.15) is 10.4 Å². The molecule has 6 nitrogen and oxygen atoms in total. The second kappa shape index (κ2) is 4.46. The van der Waals surface area contributed by atoms with Gasteiger partial charge in [-0.15, -0.1) is 0 Å². The SMILES string of the molecule is O=C1NC(=O)[C@H](Nc2cccc(C(=O)[O-])c2)S1. The molecule has 1 aliphatic rings. The Kier molecular flexibility index (Phi) is 3.01. The maximum atomic E-state index is 11.3. The number of thioether (sulfide) groups is 1. The fourth-order valence-electron chi connectivity index (χ4n) is 1.34. The van der Waals surface area contributed by atoms with Crippen molar-refractivity contribution in [2.75, 3.05) is 5.32 Å². The Morgan fingerprint density at radius 1 is 1.41 bits per heavy atom. The first kappa shape index (κ1) is 11.5. The molecule has 88 valence electrons. The Morgan fingerprint density at radius 3 is 2.76 bits per heavy atom. The number of aromatic carboxylic acids is 1. The topological polar surface area (TPSA) is 98.3 Å². The Bertz CT molecular complexity index is 503. The van der Waals surface area contributed by atoms with Crippen LogP contribution < -0.4 is 15.7 Å². The number of amides is 2. The van der Waals surface area contributed by atoms with E-state index >= 15 is 0 Å². The molecule has 0 radical (unpaired) electrons. The molecule has 1 atom stereocenters. The van der Waals surface area contributed by atoms with Gasteiger partial charge in [0, 0.05) is 5.69 Å². The minimum atomic E-state index is -1.30. The molecular weight excluding hydrogens is 244 g/mol. The van der Waals surface area contributed by atoms with Crippen molar-refractivity contribution < 1.29 is 19.5 Å². The number of benzene rings is 1. The molecular formula is C10H7N2O4S-. The highest BCUT2D eigenvalue weighted by atomic mass is 32.2. The lowest BCUT2D eigenvalue weighted by molar-refractivity contribution is -0.255. The number of carbonyl (C=O) groups excluding carboxylic acids is 3. The van der Waals surface area contributed by atoms with Gasteiger partial charge in [0.15, 0.2) is 5.37 Å². The largest absolute Gasteiger partial charge is 0.545 e. The van der Waals surface area contributed by atoms with Crippen LogP contribution in [0.25, 0.3) is 0 Å². The van der Waals surface area contributed by atoms with Gasteiger partial charge in [-0.25, -0.2) is 0 Å². The van der Waals surface area contributed by atoms with Crippen LogP contribution in [-0.2, 0) is 4.79 Å². The molecule has 2 N–H and O–H groups in total. The molecule has 0 aliphatic carbocycles. The maximum absolute atomic E-state index is 11.3. The predicted octanol–water partition coefficient (Wildman–Crippen LogP) is -0.229. The summed E-state index contributed by atoms with van der Waals surface area (Å²) in [5.74, 6) is -1.74. The van der Waals surface area contributed by atoms with Crippen LogP contribution in [0.4, 0.5) is 10.5 Å². The number of hydrogen-bond donors (Lipinski definition) is 2. The lowest BCUT2D eigenvalue weighted by Crippen LogP contribution is -2.29. The van der Waals surface area contributed by atoms with E-state index in [4.69, 9.17) is 0 Å². The molecule has 1 heterocycles. The summed E-state index contributed by atoms with van der Waals surface area (Å²) < 4.78 is 0. The van der Waals surface area contributed by atoms with Gasteiger partial charge in [0.25, 0.3) is 11.1 Å². The quantitative estimate of drug-likeness (QED) is 0.770. The monoisotopic (exact) mass is 251 g/mol. The first-order valence-corrected chi connectivity index (χ1v) is 5.53. The molecule has 1 aliphatic heterocycles. The average Bonchev–Trinajstić information content (AvgIpc) is 2.58. The van der Waals surface area contributed by atoms with E-state index < -0.39 is 22.5 Å². The summed E-state index contributed by atoms with van der Waals surface area (Å²) in [6, 6.07) is 5.84. The zero-order valence-corrected chi connectivity index (χ0v) is 9.24. The highest BCUT2D eigenvalue weighted by molar-refractivity contribution is 8.15. The summed E-state index contributed by atoms with van der Waals surface area (Å²) in [6.07, 6.45) is 0. The molecule has 0 saturated carbocycles. The molecule has 1 aromatic rings. The molecule has 2 rings (SSSR count). The minimum absolute atomic E-state index is 0.00438. The van der Waals surface area contributed by atoms with Gasteiger partial charge >= 0.3 is 0 Å². The predicted molar refractivity (Wildman–Crippen MR) is 59.3 cm³/mol. The van der Waals surface area contributed by atoms with E-state index in [0.717, 1.165) is 11.8 Å². The minimum Gasteiger partial charge on any atom is -0.545 e. The van der Waals surface area contributed by atoms with Crippen LogP contribution in [0.3, 0.4) is 0 Å². The number of nitrogens with one attached hydrogen (secondary N) is 2. The number of imide groups is 1. The van der Waals surface area contributed by atoms with E-state index in [0.29, 0.717) is 5.69 Å². The van der Waals surface area contributed by atoms with Crippen LogP contribution in [0.15, 0.2) is 24.3 Å². The number of carboxylic acid groups (broad SMARTS) is 1. The average molecular weight is 251 g/mol. The molecule has 1 saturated heterocycles. The lowest BCUT2D eigenvalue weighted by atomic mass is 10.2. The summed E-state index contributed by atoms with van der Waals surface area (Å²) in [5, 5.41) is 14.3. The van der Waals surface area contributed by atoms with E-state index in [1.165, 1.54) is 18.2 Å². The molecule has 1 aromatic carbocycles. The second-order valence-electron chi connectivity index (χ2n) is 3.29. The van der Waals surface area contributed by atoms with Crippen molar-refractivity contribution in [3.63, 3.8) is 0 Å².